The highest BCUT2D eigenvalue weighted by atomic mass is 16.5. The van der Waals surface area contributed by atoms with Crippen LogP contribution in [0.25, 0.3) is 0 Å². The standard InChI is InChI=1S/C14H26N4O/c1-5-7-12-16-13(15-8-6-2)11-14(17-12)18(3)9-10-19-4/h11H,5-10H2,1-4H3,(H,15,16,17). The first-order valence-electron chi connectivity index (χ1n) is 7.03. The van der Waals surface area contributed by atoms with Crippen LogP contribution in [-0.4, -0.2) is 43.8 Å². The topological polar surface area (TPSA) is 50.3 Å². The molecule has 0 atom stereocenters. The van der Waals surface area contributed by atoms with E-state index in [1.807, 2.05) is 13.1 Å². The summed E-state index contributed by atoms with van der Waals surface area (Å²) in [5.41, 5.74) is 0. The third-order valence-corrected chi connectivity index (χ3v) is 2.81. The van der Waals surface area contributed by atoms with Gasteiger partial charge in [0.05, 0.1) is 6.61 Å². The molecule has 0 aliphatic heterocycles. The molecule has 1 N–H and O–H groups in total. The maximum Gasteiger partial charge on any atom is 0.134 e. The molecular formula is C14H26N4O. The van der Waals surface area contributed by atoms with E-state index in [2.05, 4.69) is 34.0 Å². The number of nitrogens with zero attached hydrogens (tertiary/aromatic N) is 3. The van der Waals surface area contributed by atoms with Crippen molar-refractivity contribution in [1.29, 1.82) is 0 Å². The van der Waals surface area contributed by atoms with Gasteiger partial charge in [-0.15, -0.1) is 0 Å². The van der Waals surface area contributed by atoms with Crippen LogP contribution >= 0.6 is 0 Å². The minimum Gasteiger partial charge on any atom is -0.383 e. The molecule has 0 unspecified atom stereocenters. The Bertz CT molecular complexity index is 370. The van der Waals surface area contributed by atoms with Gasteiger partial charge in [-0.2, -0.15) is 0 Å². The lowest BCUT2D eigenvalue weighted by Gasteiger charge is -2.19. The summed E-state index contributed by atoms with van der Waals surface area (Å²) in [5.74, 6) is 2.77. The second kappa shape index (κ2) is 8.69. The second-order valence-corrected chi connectivity index (χ2v) is 4.62. The number of hydrogen-bond donors (Lipinski definition) is 1. The molecule has 0 saturated carbocycles. The molecule has 1 rings (SSSR count). The Balaban J connectivity index is 2.84. The van der Waals surface area contributed by atoms with Crippen molar-refractivity contribution in [2.24, 2.45) is 0 Å². The highest BCUT2D eigenvalue weighted by molar-refractivity contribution is 5.49. The van der Waals surface area contributed by atoms with Crippen LogP contribution < -0.4 is 10.2 Å². The zero-order valence-electron chi connectivity index (χ0n) is 12.6. The molecule has 0 aromatic carbocycles. The molecule has 19 heavy (non-hydrogen) atoms. The first kappa shape index (κ1) is 15.7. The van der Waals surface area contributed by atoms with Gasteiger partial charge in [-0.1, -0.05) is 13.8 Å². The lowest BCUT2D eigenvalue weighted by Crippen LogP contribution is -2.24. The summed E-state index contributed by atoms with van der Waals surface area (Å²) in [6, 6.07) is 2.00. The smallest absolute Gasteiger partial charge is 0.134 e. The fraction of sp³-hybridized carbons (Fsp3) is 0.714. The average molecular weight is 266 g/mol. The number of nitrogens with one attached hydrogen (secondary N) is 1. The van der Waals surface area contributed by atoms with Crippen LogP contribution in [0, 0.1) is 0 Å². The summed E-state index contributed by atoms with van der Waals surface area (Å²) in [5, 5.41) is 3.34. The number of aromatic nitrogens is 2. The van der Waals surface area contributed by atoms with E-state index in [1.54, 1.807) is 7.11 Å². The van der Waals surface area contributed by atoms with Crippen molar-refractivity contribution >= 4 is 11.6 Å². The van der Waals surface area contributed by atoms with Crippen LogP contribution in [0.3, 0.4) is 0 Å². The Kier molecular flexibility index (Phi) is 7.18. The Morgan fingerprint density at radius 3 is 2.68 bits per heavy atom. The Morgan fingerprint density at radius 2 is 2.05 bits per heavy atom. The van der Waals surface area contributed by atoms with Gasteiger partial charge in [-0.3, -0.25) is 0 Å². The third kappa shape index (κ3) is 5.42. The van der Waals surface area contributed by atoms with Crippen LogP contribution in [-0.2, 0) is 11.2 Å². The van der Waals surface area contributed by atoms with Gasteiger partial charge >= 0.3 is 0 Å². The number of aryl methyl sites for hydroxylation is 1. The fourth-order valence-electron chi connectivity index (χ4n) is 1.70. The van der Waals surface area contributed by atoms with Crippen molar-refractivity contribution in [2.45, 2.75) is 33.1 Å². The fourth-order valence-corrected chi connectivity index (χ4v) is 1.70. The monoisotopic (exact) mass is 266 g/mol. The first-order valence-corrected chi connectivity index (χ1v) is 7.03. The van der Waals surface area contributed by atoms with Crippen LogP contribution in [0.15, 0.2) is 6.07 Å². The molecule has 0 saturated heterocycles. The number of ether oxygens (including phenoxy) is 1. The quantitative estimate of drug-likeness (QED) is 0.743. The molecule has 0 aliphatic carbocycles. The van der Waals surface area contributed by atoms with Gasteiger partial charge < -0.3 is 15.0 Å². The van der Waals surface area contributed by atoms with E-state index in [9.17, 15) is 0 Å². The average Bonchev–Trinajstić information content (AvgIpc) is 2.42. The maximum atomic E-state index is 5.11. The molecule has 0 bridgehead atoms. The van der Waals surface area contributed by atoms with Gasteiger partial charge in [0.1, 0.15) is 17.5 Å². The first-order chi connectivity index (χ1) is 9.21. The third-order valence-electron chi connectivity index (χ3n) is 2.81. The van der Waals surface area contributed by atoms with Gasteiger partial charge in [0, 0.05) is 39.7 Å². The van der Waals surface area contributed by atoms with Gasteiger partial charge in [0.15, 0.2) is 0 Å². The van der Waals surface area contributed by atoms with Gasteiger partial charge in [0.25, 0.3) is 0 Å². The van der Waals surface area contributed by atoms with E-state index >= 15 is 0 Å². The summed E-state index contributed by atoms with van der Waals surface area (Å²) in [6.45, 7) is 6.74. The van der Waals surface area contributed by atoms with E-state index < -0.39 is 0 Å². The molecule has 0 amide bonds. The second-order valence-electron chi connectivity index (χ2n) is 4.62. The Morgan fingerprint density at radius 1 is 1.26 bits per heavy atom. The summed E-state index contributed by atoms with van der Waals surface area (Å²) >= 11 is 0. The van der Waals surface area contributed by atoms with Gasteiger partial charge in [-0.25, -0.2) is 9.97 Å². The van der Waals surface area contributed by atoms with Crippen molar-refractivity contribution in [2.75, 3.05) is 44.1 Å². The highest BCUT2D eigenvalue weighted by Crippen LogP contribution is 2.15. The van der Waals surface area contributed by atoms with Crippen molar-refractivity contribution in [3.63, 3.8) is 0 Å². The predicted octanol–water partition coefficient (Wildman–Crippen LogP) is 2.33. The van der Waals surface area contributed by atoms with E-state index in [0.29, 0.717) is 6.61 Å². The molecular weight excluding hydrogens is 240 g/mol. The molecule has 1 aromatic heterocycles. The summed E-state index contributed by atoms with van der Waals surface area (Å²) in [4.78, 5) is 11.2. The van der Waals surface area contributed by atoms with Crippen LogP contribution in [0.5, 0.6) is 0 Å². The number of hydrogen-bond acceptors (Lipinski definition) is 5. The lowest BCUT2D eigenvalue weighted by atomic mass is 10.3. The van der Waals surface area contributed by atoms with Crippen LogP contribution in [0.2, 0.25) is 0 Å². The minimum absolute atomic E-state index is 0.696. The van der Waals surface area contributed by atoms with Crippen molar-refractivity contribution in [3.05, 3.63) is 11.9 Å². The summed E-state index contributed by atoms with van der Waals surface area (Å²) < 4.78 is 5.11. The normalized spacial score (nSPS) is 10.5. The summed E-state index contributed by atoms with van der Waals surface area (Å²) in [6.07, 6.45) is 3.05. The lowest BCUT2D eigenvalue weighted by molar-refractivity contribution is 0.206. The number of anilines is 2. The van der Waals surface area contributed by atoms with E-state index in [-0.39, 0.29) is 0 Å². The van der Waals surface area contributed by atoms with Crippen molar-refractivity contribution < 1.29 is 4.74 Å². The number of methoxy groups -OCH3 is 1. The number of likely N-dealkylation sites (N-methyl/N-ethyl adjacent to an activating group) is 1. The molecule has 108 valence electrons. The molecule has 0 fully saturated rings. The van der Waals surface area contributed by atoms with Gasteiger partial charge in [0.2, 0.25) is 0 Å². The molecule has 0 spiro atoms. The molecule has 1 aromatic rings. The van der Waals surface area contributed by atoms with E-state index in [1.165, 1.54) is 0 Å². The largest absolute Gasteiger partial charge is 0.383 e. The molecule has 5 nitrogen and oxygen atoms in total. The number of rotatable bonds is 9. The van der Waals surface area contributed by atoms with Crippen LogP contribution in [0.4, 0.5) is 11.6 Å². The zero-order chi connectivity index (χ0) is 14.1. The minimum atomic E-state index is 0.696. The molecule has 5 heteroatoms. The van der Waals surface area contributed by atoms with Crippen LogP contribution in [0.1, 0.15) is 32.5 Å². The summed E-state index contributed by atoms with van der Waals surface area (Å²) in [7, 11) is 3.74. The van der Waals surface area contributed by atoms with E-state index in [4.69, 9.17) is 4.74 Å². The Labute approximate surface area is 116 Å². The maximum absolute atomic E-state index is 5.11. The van der Waals surface area contributed by atoms with Crippen molar-refractivity contribution in [1.82, 2.24) is 9.97 Å². The molecule has 1 heterocycles. The molecule has 0 radical (unpaired) electrons. The van der Waals surface area contributed by atoms with Gasteiger partial charge in [-0.05, 0) is 12.8 Å². The predicted molar refractivity (Wildman–Crippen MR) is 80.0 cm³/mol. The Hall–Kier alpha value is -1.36. The van der Waals surface area contributed by atoms with E-state index in [0.717, 1.165) is 49.8 Å². The van der Waals surface area contributed by atoms with Crippen molar-refractivity contribution in [3.8, 4) is 0 Å². The highest BCUT2D eigenvalue weighted by Gasteiger charge is 2.08. The molecule has 0 aliphatic rings. The SMILES string of the molecule is CCCNc1cc(N(C)CCOC)nc(CCC)n1. The zero-order valence-corrected chi connectivity index (χ0v) is 12.6.